The number of amides is 1. The number of carbonyl (C=O) groups is 1. The molecule has 0 bridgehead atoms. The second kappa shape index (κ2) is 7.64. The summed E-state index contributed by atoms with van der Waals surface area (Å²) in [7, 11) is 0. The molecular formula is C17H22N2O2. The van der Waals surface area contributed by atoms with E-state index >= 15 is 0 Å². The van der Waals surface area contributed by atoms with Crippen molar-refractivity contribution >= 4 is 5.91 Å². The van der Waals surface area contributed by atoms with Crippen molar-refractivity contribution < 1.29 is 9.21 Å². The van der Waals surface area contributed by atoms with Crippen LogP contribution in [0, 0.1) is 5.92 Å². The summed E-state index contributed by atoms with van der Waals surface area (Å²) in [6.07, 6.45) is 1.60. The average Bonchev–Trinajstić information content (AvgIpc) is 2.99. The number of hydrogen-bond acceptors (Lipinski definition) is 3. The molecule has 1 aromatic heterocycles. The van der Waals surface area contributed by atoms with Gasteiger partial charge in [0.1, 0.15) is 5.76 Å². The molecule has 0 aliphatic heterocycles. The zero-order chi connectivity index (χ0) is 15.1. The highest BCUT2D eigenvalue weighted by Gasteiger charge is 2.16. The largest absolute Gasteiger partial charge is 0.467 e. The van der Waals surface area contributed by atoms with Crippen LogP contribution in [0.15, 0.2) is 53.1 Å². The molecule has 1 heterocycles. The second-order valence-corrected chi connectivity index (χ2v) is 5.37. The molecule has 0 fully saturated rings. The van der Waals surface area contributed by atoms with Crippen LogP contribution in [0.2, 0.25) is 0 Å². The van der Waals surface area contributed by atoms with E-state index in [1.165, 1.54) is 5.56 Å². The first-order chi connectivity index (χ1) is 10.2. The highest BCUT2D eigenvalue weighted by atomic mass is 16.3. The number of nitrogens with one attached hydrogen (secondary N) is 2. The molecule has 4 nitrogen and oxygen atoms in total. The van der Waals surface area contributed by atoms with Gasteiger partial charge < -0.3 is 15.1 Å². The molecular weight excluding hydrogens is 264 g/mol. The molecule has 0 aliphatic carbocycles. The summed E-state index contributed by atoms with van der Waals surface area (Å²) in [5.41, 5.74) is 1.20. The Morgan fingerprint density at radius 3 is 2.52 bits per heavy atom. The maximum atomic E-state index is 11.9. The van der Waals surface area contributed by atoms with Crippen LogP contribution >= 0.6 is 0 Å². The van der Waals surface area contributed by atoms with Gasteiger partial charge in [-0.1, -0.05) is 44.2 Å². The van der Waals surface area contributed by atoms with Crippen LogP contribution in [0.1, 0.15) is 31.2 Å². The summed E-state index contributed by atoms with van der Waals surface area (Å²) in [6, 6.07) is 14.0. The van der Waals surface area contributed by atoms with Gasteiger partial charge in [0, 0.05) is 6.04 Å². The van der Waals surface area contributed by atoms with E-state index in [1.807, 2.05) is 30.3 Å². The van der Waals surface area contributed by atoms with Gasteiger partial charge in [-0.2, -0.15) is 0 Å². The van der Waals surface area contributed by atoms with Crippen molar-refractivity contribution in [2.75, 3.05) is 6.54 Å². The van der Waals surface area contributed by atoms with Crippen LogP contribution in [0.5, 0.6) is 0 Å². The molecule has 0 saturated carbocycles. The van der Waals surface area contributed by atoms with Crippen molar-refractivity contribution in [3.8, 4) is 0 Å². The Kier molecular flexibility index (Phi) is 5.58. The lowest BCUT2D eigenvalue weighted by atomic mass is 9.96. The van der Waals surface area contributed by atoms with Crippen molar-refractivity contribution in [3.05, 3.63) is 60.1 Å². The van der Waals surface area contributed by atoms with Crippen LogP contribution in [-0.4, -0.2) is 12.5 Å². The summed E-state index contributed by atoms with van der Waals surface area (Å²) in [6.45, 7) is 5.00. The molecule has 1 aromatic carbocycles. The first kappa shape index (κ1) is 15.3. The molecule has 21 heavy (non-hydrogen) atoms. The number of furan rings is 1. The minimum absolute atomic E-state index is 0.0343. The molecule has 0 spiro atoms. The van der Waals surface area contributed by atoms with E-state index in [4.69, 9.17) is 4.42 Å². The highest BCUT2D eigenvalue weighted by Crippen LogP contribution is 2.20. The van der Waals surface area contributed by atoms with Gasteiger partial charge in [0.2, 0.25) is 5.91 Å². The summed E-state index contributed by atoms with van der Waals surface area (Å²) < 4.78 is 5.18. The van der Waals surface area contributed by atoms with Crippen LogP contribution in [-0.2, 0) is 11.3 Å². The predicted molar refractivity (Wildman–Crippen MR) is 82.6 cm³/mol. The summed E-state index contributed by atoms with van der Waals surface area (Å²) in [4.78, 5) is 11.9. The van der Waals surface area contributed by atoms with E-state index in [-0.39, 0.29) is 11.9 Å². The number of benzene rings is 1. The number of hydrogen-bond donors (Lipinski definition) is 2. The fourth-order valence-corrected chi connectivity index (χ4v) is 2.26. The highest BCUT2D eigenvalue weighted by molar-refractivity contribution is 5.77. The van der Waals surface area contributed by atoms with E-state index in [9.17, 15) is 4.79 Å². The molecule has 1 unspecified atom stereocenters. The Bertz CT molecular complexity index is 535. The minimum atomic E-state index is -0.0343. The Morgan fingerprint density at radius 1 is 1.14 bits per heavy atom. The van der Waals surface area contributed by atoms with Crippen LogP contribution in [0.3, 0.4) is 0 Å². The molecule has 4 heteroatoms. The monoisotopic (exact) mass is 286 g/mol. The third-order valence-corrected chi connectivity index (χ3v) is 3.35. The normalized spacial score (nSPS) is 12.3. The van der Waals surface area contributed by atoms with Crippen molar-refractivity contribution in [2.45, 2.75) is 26.4 Å². The quantitative estimate of drug-likeness (QED) is 0.823. The van der Waals surface area contributed by atoms with E-state index in [0.29, 0.717) is 19.0 Å². The smallest absolute Gasteiger partial charge is 0.234 e. The zero-order valence-corrected chi connectivity index (χ0v) is 12.5. The van der Waals surface area contributed by atoms with Gasteiger partial charge in [0.05, 0.1) is 19.4 Å². The number of rotatable bonds is 7. The summed E-state index contributed by atoms with van der Waals surface area (Å²) >= 11 is 0. The van der Waals surface area contributed by atoms with Crippen molar-refractivity contribution in [1.29, 1.82) is 0 Å². The van der Waals surface area contributed by atoms with Crippen LogP contribution in [0.25, 0.3) is 0 Å². The maximum absolute atomic E-state index is 11.9. The number of carbonyl (C=O) groups excluding carboxylic acids is 1. The third-order valence-electron chi connectivity index (χ3n) is 3.35. The van der Waals surface area contributed by atoms with E-state index in [0.717, 1.165) is 5.76 Å². The Morgan fingerprint density at radius 2 is 1.90 bits per heavy atom. The standard InChI is InChI=1S/C17H22N2O2/c1-13(2)17(14-7-4-3-5-8-14)19-12-16(20)18-11-15-9-6-10-21-15/h3-10,13,17,19H,11-12H2,1-2H3,(H,18,20). The van der Waals surface area contributed by atoms with E-state index in [1.54, 1.807) is 6.26 Å². The topological polar surface area (TPSA) is 54.3 Å². The lowest BCUT2D eigenvalue weighted by Crippen LogP contribution is -2.36. The van der Waals surface area contributed by atoms with Crippen molar-refractivity contribution in [1.82, 2.24) is 10.6 Å². The van der Waals surface area contributed by atoms with E-state index < -0.39 is 0 Å². The van der Waals surface area contributed by atoms with Gasteiger partial charge >= 0.3 is 0 Å². The third kappa shape index (κ3) is 4.76. The first-order valence-corrected chi connectivity index (χ1v) is 7.24. The lowest BCUT2D eigenvalue weighted by molar-refractivity contribution is -0.120. The molecule has 0 saturated heterocycles. The van der Waals surface area contributed by atoms with E-state index in [2.05, 4.69) is 36.6 Å². The van der Waals surface area contributed by atoms with Gasteiger partial charge in [-0.3, -0.25) is 4.79 Å². The fraction of sp³-hybridized carbons (Fsp3) is 0.353. The van der Waals surface area contributed by atoms with Gasteiger partial charge in [-0.05, 0) is 23.6 Å². The predicted octanol–water partition coefficient (Wildman–Crippen LogP) is 2.88. The molecule has 112 valence electrons. The molecule has 1 amide bonds. The molecule has 0 aliphatic rings. The average molecular weight is 286 g/mol. The molecule has 1 atom stereocenters. The molecule has 2 rings (SSSR count). The molecule has 2 aromatic rings. The first-order valence-electron chi connectivity index (χ1n) is 7.24. The Balaban J connectivity index is 1.83. The van der Waals surface area contributed by atoms with Crippen LogP contribution < -0.4 is 10.6 Å². The van der Waals surface area contributed by atoms with Crippen LogP contribution in [0.4, 0.5) is 0 Å². The Labute approximate surface area is 125 Å². The Hall–Kier alpha value is -2.07. The molecule has 0 radical (unpaired) electrons. The SMILES string of the molecule is CC(C)C(NCC(=O)NCc1ccco1)c1ccccc1. The maximum Gasteiger partial charge on any atom is 0.234 e. The summed E-state index contributed by atoms with van der Waals surface area (Å²) in [5.74, 6) is 1.13. The molecule has 2 N–H and O–H groups in total. The van der Waals surface area contributed by atoms with Gasteiger partial charge in [-0.25, -0.2) is 0 Å². The zero-order valence-electron chi connectivity index (χ0n) is 12.5. The lowest BCUT2D eigenvalue weighted by Gasteiger charge is -2.22. The van der Waals surface area contributed by atoms with Gasteiger partial charge in [0.15, 0.2) is 0 Å². The summed E-state index contributed by atoms with van der Waals surface area (Å²) in [5, 5.41) is 6.16. The van der Waals surface area contributed by atoms with Gasteiger partial charge in [-0.15, -0.1) is 0 Å². The van der Waals surface area contributed by atoms with Crippen molar-refractivity contribution in [2.24, 2.45) is 5.92 Å². The fourth-order valence-electron chi connectivity index (χ4n) is 2.26. The van der Waals surface area contributed by atoms with Gasteiger partial charge in [0.25, 0.3) is 0 Å². The van der Waals surface area contributed by atoms with Crippen molar-refractivity contribution in [3.63, 3.8) is 0 Å². The second-order valence-electron chi connectivity index (χ2n) is 5.37. The minimum Gasteiger partial charge on any atom is -0.467 e.